The Labute approximate surface area is 193 Å². The Kier molecular flexibility index (Phi) is 7.27. The molecule has 4 rings (SSSR count). The lowest BCUT2D eigenvalue weighted by Gasteiger charge is -2.26. The van der Waals surface area contributed by atoms with Crippen LogP contribution in [-0.2, 0) is 43.7 Å². The molecule has 1 fully saturated rings. The number of aryl methyl sites for hydroxylation is 1. The Bertz CT molecular complexity index is 1060. The molecule has 172 valence electrons. The lowest BCUT2D eigenvalue weighted by molar-refractivity contribution is -0.152. The maximum atomic E-state index is 12.7. The Morgan fingerprint density at radius 1 is 1.00 bits per heavy atom. The van der Waals surface area contributed by atoms with E-state index >= 15 is 0 Å². The van der Waals surface area contributed by atoms with Gasteiger partial charge in [0.15, 0.2) is 6.61 Å². The van der Waals surface area contributed by atoms with E-state index in [9.17, 15) is 18.0 Å². The van der Waals surface area contributed by atoms with Gasteiger partial charge in [-0.05, 0) is 60.4 Å². The molecule has 7 nitrogen and oxygen atoms in total. The number of amides is 1. The molecule has 0 atom stereocenters. The number of hydrogen-bond acceptors (Lipinski definition) is 6. The Morgan fingerprint density at radius 3 is 2.50 bits per heavy atom. The quantitative estimate of drug-likeness (QED) is 0.574. The molecule has 0 spiro atoms. The van der Waals surface area contributed by atoms with Gasteiger partial charge in [0.25, 0.3) is 5.91 Å². The van der Waals surface area contributed by atoms with Crippen LogP contribution in [0.1, 0.15) is 41.7 Å². The Balaban J connectivity index is 1.22. The minimum absolute atomic E-state index is 0.139. The summed E-state index contributed by atoms with van der Waals surface area (Å²) in [6.45, 7) is 2.12. The van der Waals surface area contributed by atoms with Crippen LogP contribution in [0.5, 0.6) is 0 Å². The largest absolute Gasteiger partial charge is 0.456 e. The Hall–Kier alpha value is -2.23. The molecular weight excluding hydrogens is 448 g/mol. The van der Waals surface area contributed by atoms with Crippen molar-refractivity contribution in [3.8, 4) is 0 Å². The molecule has 0 N–H and O–H groups in total. The summed E-state index contributed by atoms with van der Waals surface area (Å²) in [7, 11) is -3.45. The molecule has 0 unspecified atom stereocenters. The molecule has 0 saturated carbocycles. The van der Waals surface area contributed by atoms with Crippen molar-refractivity contribution in [3.05, 3.63) is 51.7 Å². The zero-order valence-corrected chi connectivity index (χ0v) is 19.6. The second-order valence-corrected chi connectivity index (χ2v) is 11.1. The molecule has 0 radical (unpaired) electrons. The monoisotopic (exact) mass is 476 g/mol. The molecular formula is C23H28N2O5S2. The fraction of sp³-hybridized carbons (Fsp3) is 0.478. The van der Waals surface area contributed by atoms with Crippen LogP contribution in [0.15, 0.2) is 40.6 Å². The fourth-order valence-corrected chi connectivity index (χ4v) is 6.50. The van der Waals surface area contributed by atoms with Gasteiger partial charge >= 0.3 is 5.97 Å². The predicted octanol–water partition coefficient (Wildman–Crippen LogP) is 2.98. The topological polar surface area (TPSA) is 84.0 Å². The summed E-state index contributed by atoms with van der Waals surface area (Å²) in [4.78, 5) is 27.8. The normalized spacial score (nSPS) is 17.1. The van der Waals surface area contributed by atoms with Gasteiger partial charge in [-0.25, -0.2) is 8.42 Å². The third kappa shape index (κ3) is 5.39. The molecule has 9 heteroatoms. The van der Waals surface area contributed by atoms with Crippen molar-refractivity contribution in [1.82, 2.24) is 9.21 Å². The summed E-state index contributed by atoms with van der Waals surface area (Å²) in [6, 6.07) is 8.71. The number of sulfonamides is 1. The van der Waals surface area contributed by atoms with Crippen molar-refractivity contribution in [2.24, 2.45) is 0 Å². The van der Waals surface area contributed by atoms with E-state index in [1.54, 1.807) is 44.8 Å². The number of carbonyl (C=O) groups excluding carboxylic acids is 2. The van der Waals surface area contributed by atoms with Crippen molar-refractivity contribution in [2.45, 2.75) is 50.0 Å². The lowest BCUT2D eigenvalue weighted by atomic mass is 10.1. The first kappa shape index (κ1) is 22.9. The number of thiophene rings is 1. The number of rotatable bonds is 7. The lowest BCUT2D eigenvalue weighted by Crippen LogP contribution is -2.38. The van der Waals surface area contributed by atoms with E-state index in [-0.39, 0.29) is 23.8 Å². The first-order chi connectivity index (χ1) is 15.4. The van der Waals surface area contributed by atoms with E-state index in [1.807, 2.05) is 11.4 Å². The van der Waals surface area contributed by atoms with Gasteiger partial charge in [0.05, 0.1) is 4.90 Å². The fourth-order valence-electron chi connectivity index (χ4n) is 4.10. The second kappa shape index (κ2) is 10.1. The molecule has 0 aliphatic carbocycles. The molecule has 1 aromatic heterocycles. The van der Waals surface area contributed by atoms with Crippen LogP contribution in [0.2, 0.25) is 0 Å². The van der Waals surface area contributed by atoms with Crippen molar-refractivity contribution in [2.75, 3.05) is 26.2 Å². The summed E-state index contributed by atoms with van der Waals surface area (Å²) in [5, 5.41) is 2.04. The van der Waals surface area contributed by atoms with E-state index in [0.29, 0.717) is 32.6 Å². The average Bonchev–Trinajstić information content (AvgIpc) is 3.30. The first-order valence-corrected chi connectivity index (χ1v) is 13.3. The molecule has 2 aliphatic rings. The zero-order chi connectivity index (χ0) is 22.6. The van der Waals surface area contributed by atoms with E-state index in [2.05, 4.69) is 0 Å². The zero-order valence-electron chi connectivity index (χ0n) is 18.0. The van der Waals surface area contributed by atoms with E-state index < -0.39 is 16.0 Å². The van der Waals surface area contributed by atoms with Crippen LogP contribution >= 0.6 is 11.3 Å². The van der Waals surface area contributed by atoms with Crippen molar-refractivity contribution < 1.29 is 22.7 Å². The van der Waals surface area contributed by atoms with E-state index in [0.717, 1.165) is 31.2 Å². The molecule has 1 amide bonds. The Morgan fingerprint density at radius 2 is 1.75 bits per heavy atom. The van der Waals surface area contributed by atoms with Crippen LogP contribution in [0.25, 0.3) is 0 Å². The third-order valence-electron chi connectivity index (χ3n) is 6.01. The highest BCUT2D eigenvalue weighted by molar-refractivity contribution is 7.89. The number of ether oxygens (including phenoxy) is 1. The minimum atomic E-state index is -3.45. The SMILES string of the molecule is O=C(CCc1ccc(S(=O)(=O)N2CCCCC2)cc1)OCC(=O)N1CCc2sccc2C1. The van der Waals surface area contributed by atoms with Crippen LogP contribution < -0.4 is 0 Å². The molecule has 32 heavy (non-hydrogen) atoms. The van der Waals surface area contributed by atoms with Crippen LogP contribution in [0.3, 0.4) is 0 Å². The summed E-state index contributed by atoms with van der Waals surface area (Å²) in [5.74, 6) is -0.612. The van der Waals surface area contributed by atoms with Gasteiger partial charge in [0.2, 0.25) is 10.0 Å². The standard InChI is InChI=1S/C23H28N2O5S2/c26-22(24-14-10-21-19(16-24)11-15-31-21)17-30-23(27)9-6-18-4-7-20(8-5-18)32(28,29)25-12-2-1-3-13-25/h4-5,7-8,11,15H,1-3,6,9-10,12-14,16-17H2. The maximum absolute atomic E-state index is 12.7. The van der Waals surface area contributed by atoms with Gasteiger partial charge < -0.3 is 9.64 Å². The molecule has 1 aromatic carbocycles. The highest BCUT2D eigenvalue weighted by Crippen LogP contribution is 2.24. The number of nitrogens with zero attached hydrogens (tertiary/aromatic N) is 2. The van der Waals surface area contributed by atoms with E-state index in [1.165, 1.54) is 10.4 Å². The number of hydrogen-bond donors (Lipinski definition) is 0. The van der Waals surface area contributed by atoms with Crippen molar-refractivity contribution >= 4 is 33.2 Å². The predicted molar refractivity (Wildman–Crippen MR) is 122 cm³/mol. The maximum Gasteiger partial charge on any atom is 0.306 e. The van der Waals surface area contributed by atoms with Gasteiger partial charge in [-0.1, -0.05) is 18.6 Å². The molecule has 1 saturated heterocycles. The highest BCUT2D eigenvalue weighted by atomic mass is 32.2. The van der Waals surface area contributed by atoms with Gasteiger partial charge in [-0.15, -0.1) is 11.3 Å². The van der Waals surface area contributed by atoms with Crippen LogP contribution in [0.4, 0.5) is 0 Å². The van der Waals surface area contributed by atoms with Gasteiger partial charge in [0, 0.05) is 37.5 Å². The van der Waals surface area contributed by atoms with Gasteiger partial charge in [-0.3, -0.25) is 9.59 Å². The number of carbonyl (C=O) groups is 2. The number of benzene rings is 1. The average molecular weight is 477 g/mol. The van der Waals surface area contributed by atoms with E-state index in [4.69, 9.17) is 4.74 Å². The van der Waals surface area contributed by atoms with Gasteiger partial charge in [0.1, 0.15) is 0 Å². The molecule has 3 heterocycles. The number of piperidine rings is 1. The second-order valence-electron chi connectivity index (χ2n) is 8.20. The highest BCUT2D eigenvalue weighted by Gasteiger charge is 2.26. The smallest absolute Gasteiger partial charge is 0.306 e. The molecule has 0 bridgehead atoms. The van der Waals surface area contributed by atoms with Crippen LogP contribution in [0, 0.1) is 0 Å². The third-order valence-corrected chi connectivity index (χ3v) is 8.95. The minimum Gasteiger partial charge on any atom is -0.456 e. The first-order valence-electron chi connectivity index (χ1n) is 11.0. The number of fused-ring (bicyclic) bond motifs is 1. The van der Waals surface area contributed by atoms with Crippen LogP contribution in [-0.4, -0.2) is 55.7 Å². The summed E-state index contributed by atoms with van der Waals surface area (Å²) >= 11 is 1.71. The van der Waals surface area contributed by atoms with Crippen molar-refractivity contribution in [3.63, 3.8) is 0 Å². The summed E-state index contributed by atoms with van der Waals surface area (Å²) < 4.78 is 32.1. The number of esters is 1. The van der Waals surface area contributed by atoms with Crippen molar-refractivity contribution in [1.29, 1.82) is 0 Å². The molecule has 2 aromatic rings. The summed E-state index contributed by atoms with van der Waals surface area (Å²) in [6.07, 6.45) is 4.28. The summed E-state index contributed by atoms with van der Waals surface area (Å²) in [5.41, 5.74) is 2.03. The van der Waals surface area contributed by atoms with Gasteiger partial charge in [-0.2, -0.15) is 4.31 Å². The molecule has 2 aliphatic heterocycles.